The Morgan fingerprint density at radius 1 is 1.44 bits per heavy atom. The topological polar surface area (TPSA) is 58.4 Å². The molecule has 0 spiro atoms. The molecule has 1 aliphatic heterocycles. The van der Waals surface area contributed by atoms with Gasteiger partial charge in [-0.05, 0) is 5.56 Å². The maximum absolute atomic E-state index is 10.5. The van der Waals surface area contributed by atoms with Gasteiger partial charge in [0.1, 0.15) is 0 Å². The maximum Gasteiger partial charge on any atom is 0.324 e. The number of thioether (sulfide) groups is 1. The molecule has 0 aromatic carbocycles. The van der Waals surface area contributed by atoms with Crippen LogP contribution in [0.1, 0.15) is 5.56 Å². The lowest BCUT2D eigenvalue weighted by atomic mass is 10.3. The SMILES string of the molecule is O=[N+]([O-])c1cc(CNCCN2CCSCC2)cs1. The van der Waals surface area contributed by atoms with E-state index in [1.165, 1.54) is 35.9 Å². The Labute approximate surface area is 115 Å². The molecule has 0 bridgehead atoms. The van der Waals surface area contributed by atoms with E-state index in [0.29, 0.717) is 6.54 Å². The summed E-state index contributed by atoms with van der Waals surface area (Å²) >= 11 is 3.21. The number of nitro groups is 1. The summed E-state index contributed by atoms with van der Waals surface area (Å²) in [4.78, 5) is 12.7. The summed E-state index contributed by atoms with van der Waals surface area (Å²) in [6.45, 7) is 5.07. The van der Waals surface area contributed by atoms with Crippen molar-refractivity contribution in [2.75, 3.05) is 37.7 Å². The van der Waals surface area contributed by atoms with E-state index in [9.17, 15) is 10.1 Å². The Morgan fingerprint density at radius 2 is 2.22 bits per heavy atom. The molecule has 2 heterocycles. The molecule has 2 rings (SSSR count). The quantitative estimate of drug-likeness (QED) is 0.491. The average Bonchev–Trinajstić information content (AvgIpc) is 2.85. The van der Waals surface area contributed by atoms with E-state index < -0.39 is 0 Å². The molecule has 1 fully saturated rings. The van der Waals surface area contributed by atoms with Crippen molar-refractivity contribution in [2.45, 2.75) is 6.54 Å². The fourth-order valence-corrected chi connectivity index (χ4v) is 3.55. The van der Waals surface area contributed by atoms with Crippen molar-refractivity contribution >= 4 is 28.1 Å². The van der Waals surface area contributed by atoms with E-state index in [4.69, 9.17) is 0 Å². The van der Waals surface area contributed by atoms with Gasteiger partial charge in [0.05, 0.1) is 4.92 Å². The van der Waals surface area contributed by atoms with Crippen molar-refractivity contribution in [2.24, 2.45) is 0 Å². The minimum Gasteiger partial charge on any atom is -0.311 e. The van der Waals surface area contributed by atoms with E-state index in [1.54, 1.807) is 6.07 Å². The summed E-state index contributed by atoms with van der Waals surface area (Å²) in [5.41, 5.74) is 1.00. The first-order valence-electron chi connectivity index (χ1n) is 5.98. The van der Waals surface area contributed by atoms with Crippen LogP contribution in [0.25, 0.3) is 0 Å². The molecular formula is C11H17N3O2S2. The highest BCUT2D eigenvalue weighted by Crippen LogP contribution is 2.22. The van der Waals surface area contributed by atoms with Gasteiger partial charge >= 0.3 is 5.00 Å². The summed E-state index contributed by atoms with van der Waals surface area (Å²) < 4.78 is 0. The Morgan fingerprint density at radius 3 is 2.89 bits per heavy atom. The van der Waals surface area contributed by atoms with Crippen molar-refractivity contribution in [3.63, 3.8) is 0 Å². The highest BCUT2D eigenvalue weighted by molar-refractivity contribution is 7.99. The third-order valence-corrected chi connectivity index (χ3v) is 4.73. The third kappa shape index (κ3) is 4.24. The lowest BCUT2D eigenvalue weighted by Gasteiger charge is -2.26. The molecule has 0 aliphatic carbocycles. The summed E-state index contributed by atoms with van der Waals surface area (Å²) in [5.74, 6) is 2.47. The van der Waals surface area contributed by atoms with Crippen LogP contribution in [-0.2, 0) is 6.54 Å². The Balaban J connectivity index is 1.63. The Hall–Kier alpha value is -0.630. The van der Waals surface area contributed by atoms with Crippen molar-refractivity contribution in [3.8, 4) is 0 Å². The van der Waals surface area contributed by atoms with E-state index >= 15 is 0 Å². The van der Waals surface area contributed by atoms with Gasteiger partial charge in [-0.15, -0.1) is 0 Å². The van der Waals surface area contributed by atoms with Crippen LogP contribution in [0.2, 0.25) is 0 Å². The number of thiophene rings is 1. The zero-order chi connectivity index (χ0) is 12.8. The largest absolute Gasteiger partial charge is 0.324 e. The molecule has 1 aliphatic rings. The van der Waals surface area contributed by atoms with Gasteiger partial charge < -0.3 is 10.2 Å². The second kappa shape index (κ2) is 7.08. The van der Waals surface area contributed by atoms with Crippen LogP contribution >= 0.6 is 23.1 Å². The van der Waals surface area contributed by atoms with Crippen LogP contribution in [0, 0.1) is 10.1 Å². The molecule has 18 heavy (non-hydrogen) atoms. The number of nitrogens with zero attached hydrogens (tertiary/aromatic N) is 2. The first-order chi connectivity index (χ1) is 8.75. The fourth-order valence-electron chi connectivity index (χ4n) is 1.85. The highest BCUT2D eigenvalue weighted by Gasteiger charge is 2.10. The number of hydrogen-bond acceptors (Lipinski definition) is 6. The van der Waals surface area contributed by atoms with E-state index in [-0.39, 0.29) is 9.92 Å². The van der Waals surface area contributed by atoms with Gasteiger partial charge in [-0.1, -0.05) is 11.3 Å². The standard InChI is InChI=1S/C11H17N3O2S2/c15-14(16)11-7-10(9-18-11)8-12-1-2-13-3-5-17-6-4-13/h7,9,12H,1-6,8H2. The molecule has 5 nitrogen and oxygen atoms in total. The maximum atomic E-state index is 10.5. The summed E-state index contributed by atoms with van der Waals surface area (Å²) in [5, 5.41) is 15.9. The predicted octanol–water partition coefficient (Wildman–Crippen LogP) is 1.79. The van der Waals surface area contributed by atoms with Crippen molar-refractivity contribution in [1.82, 2.24) is 10.2 Å². The smallest absolute Gasteiger partial charge is 0.311 e. The van der Waals surface area contributed by atoms with Crippen LogP contribution in [0.3, 0.4) is 0 Å². The van der Waals surface area contributed by atoms with Gasteiger partial charge in [-0.3, -0.25) is 10.1 Å². The second-order valence-electron chi connectivity index (χ2n) is 4.18. The summed E-state index contributed by atoms with van der Waals surface area (Å²) in [6.07, 6.45) is 0. The van der Waals surface area contributed by atoms with Gasteiger partial charge in [0.2, 0.25) is 0 Å². The van der Waals surface area contributed by atoms with Crippen molar-refractivity contribution < 1.29 is 4.92 Å². The van der Waals surface area contributed by atoms with Crippen LogP contribution < -0.4 is 5.32 Å². The van der Waals surface area contributed by atoms with Crippen LogP contribution in [0.5, 0.6) is 0 Å². The minimum absolute atomic E-state index is 0.222. The molecule has 0 amide bonds. The van der Waals surface area contributed by atoms with E-state index in [0.717, 1.165) is 18.7 Å². The lowest BCUT2D eigenvalue weighted by Crippen LogP contribution is -2.37. The predicted molar refractivity (Wildman–Crippen MR) is 76.4 cm³/mol. The van der Waals surface area contributed by atoms with Crippen LogP contribution in [0.15, 0.2) is 11.4 Å². The second-order valence-corrected chi connectivity index (χ2v) is 6.30. The summed E-state index contributed by atoms with van der Waals surface area (Å²) in [7, 11) is 0. The van der Waals surface area contributed by atoms with Gasteiger partial charge in [0, 0.05) is 55.7 Å². The van der Waals surface area contributed by atoms with Crippen molar-refractivity contribution in [1.29, 1.82) is 0 Å². The molecule has 0 radical (unpaired) electrons. The molecule has 0 unspecified atom stereocenters. The lowest BCUT2D eigenvalue weighted by molar-refractivity contribution is -0.380. The molecule has 0 atom stereocenters. The molecule has 7 heteroatoms. The Kier molecular flexibility index (Phi) is 5.43. The number of nitrogens with one attached hydrogen (secondary N) is 1. The third-order valence-electron chi connectivity index (χ3n) is 2.86. The average molecular weight is 287 g/mol. The van der Waals surface area contributed by atoms with E-state index in [1.807, 2.05) is 17.1 Å². The summed E-state index contributed by atoms with van der Waals surface area (Å²) in [6, 6.07) is 1.65. The van der Waals surface area contributed by atoms with Crippen molar-refractivity contribution in [3.05, 3.63) is 27.1 Å². The first kappa shape index (κ1) is 13.8. The molecule has 0 saturated carbocycles. The first-order valence-corrected chi connectivity index (χ1v) is 8.02. The normalized spacial score (nSPS) is 16.9. The highest BCUT2D eigenvalue weighted by atomic mass is 32.2. The minimum atomic E-state index is -0.334. The van der Waals surface area contributed by atoms with Gasteiger partial charge in [0.15, 0.2) is 0 Å². The molecule has 100 valence electrons. The molecule has 1 aromatic heterocycles. The van der Waals surface area contributed by atoms with Gasteiger partial charge in [-0.25, -0.2) is 0 Å². The van der Waals surface area contributed by atoms with Crippen LogP contribution in [-0.4, -0.2) is 47.5 Å². The molecule has 1 N–H and O–H groups in total. The molecular weight excluding hydrogens is 270 g/mol. The zero-order valence-electron chi connectivity index (χ0n) is 10.1. The Bertz CT molecular complexity index is 391. The van der Waals surface area contributed by atoms with Crippen LogP contribution in [0.4, 0.5) is 5.00 Å². The van der Waals surface area contributed by atoms with Gasteiger partial charge in [-0.2, -0.15) is 11.8 Å². The molecule has 1 saturated heterocycles. The monoisotopic (exact) mass is 287 g/mol. The van der Waals surface area contributed by atoms with Gasteiger partial charge in [0.25, 0.3) is 0 Å². The van der Waals surface area contributed by atoms with E-state index in [2.05, 4.69) is 10.2 Å². The molecule has 1 aromatic rings. The zero-order valence-corrected chi connectivity index (χ0v) is 11.8. The number of rotatable bonds is 6. The fraction of sp³-hybridized carbons (Fsp3) is 0.636. The number of hydrogen-bond donors (Lipinski definition) is 1.